The SMILES string of the molecule is O=C(NN=Cc1cccc2ccccc12)C1CCCCC1. The summed E-state index contributed by atoms with van der Waals surface area (Å²) in [4.78, 5) is 12.0. The second-order valence-electron chi connectivity index (χ2n) is 5.64. The zero-order valence-electron chi connectivity index (χ0n) is 12.1. The van der Waals surface area contributed by atoms with Gasteiger partial charge in [-0.2, -0.15) is 5.10 Å². The molecule has 0 aliphatic heterocycles. The molecule has 0 unspecified atom stereocenters. The van der Waals surface area contributed by atoms with E-state index in [1.165, 1.54) is 11.8 Å². The van der Waals surface area contributed by atoms with E-state index in [2.05, 4.69) is 28.7 Å². The summed E-state index contributed by atoms with van der Waals surface area (Å²) in [5.41, 5.74) is 3.72. The maximum atomic E-state index is 12.0. The molecular formula is C18H20N2O. The highest BCUT2D eigenvalue weighted by Gasteiger charge is 2.20. The van der Waals surface area contributed by atoms with Crippen LogP contribution in [0.4, 0.5) is 0 Å². The topological polar surface area (TPSA) is 41.5 Å². The number of hydrazone groups is 1. The van der Waals surface area contributed by atoms with Crippen molar-refractivity contribution >= 4 is 22.9 Å². The van der Waals surface area contributed by atoms with E-state index < -0.39 is 0 Å². The van der Waals surface area contributed by atoms with Crippen LogP contribution in [0.1, 0.15) is 37.7 Å². The van der Waals surface area contributed by atoms with E-state index in [0.717, 1.165) is 36.6 Å². The van der Waals surface area contributed by atoms with Crippen molar-refractivity contribution in [3.63, 3.8) is 0 Å². The van der Waals surface area contributed by atoms with Gasteiger partial charge in [0.2, 0.25) is 5.91 Å². The molecule has 1 aliphatic carbocycles. The first-order valence-corrected chi connectivity index (χ1v) is 7.65. The normalized spacial score (nSPS) is 16.4. The van der Waals surface area contributed by atoms with E-state index in [0.29, 0.717) is 0 Å². The third-order valence-electron chi connectivity index (χ3n) is 4.18. The molecule has 1 saturated carbocycles. The van der Waals surface area contributed by atoms with Crippen LogP contribution in [0, 0.1) is 5.92 Å². The van der Waals surface area contributed by atoms with Crippen LogP contribution < -0.4 is 5.43 Å². The van der Waals surface area contributed by atoms with Gasteiger partial charge in [0.1, 0.15) is 0 Å². The fraction of sp³-hybridized carbons (Fsp3) is 0.333. The van der Waals surface area contributed by atoms with Crippen molar-refractivity contribution in [3.05, 3.63) is 48.0 Å². The van der Waals surface area contributed by atoms with Crippen molar-refractivity contribution in [2.45, 2.75) is 32.1 Å². The number of benzene rings is 2. The lowest BCUT2D eigenvalue weighted by Crippen LogP contribution is -2.28. The molecule has 21 heavy (non-hydrogen) atoms. The maximum absolute atomic E-state index is 12.0. The van der Waals surface area contributed by atoms with E-state index >= 15 is 0 Å². The molecule has 3 heteroatoms. The van der Waals surface area contributed by atoms with Crippen molar-refractivity contribution in [2.24, 2.45) is 11.0 Å². The van der Waals surface area contributed by atoms with Crippen LogP contribution in [0.2, 0.25) is 0 Å². The summed E-state index contributed by atoms with van der Waals surface area (Å²) in [6, 6.07) is 14.3. The quantitative estimate of drug-likeness (QED) is 0.673. The van der Waals surface area contributed by atoms with Crippen molar-refractivity contribution in [1.82, 2.24) is 5.43 Å². The smallest absolute Gasteiger partial charge is 0.243 e. The Kier molecular flexibility index (Phi) is 4.29. The first kappa shape index (κ1) is 13.8. The number of hydrogen-bond acceptors (Lipinski definition) is 2. The largest absolute Gasteiger partial charge is 0.273 e. The third-order valence-corrected chi connectivity index (χ3v) is 4.18. The van der Waals surface area contributed by atoms with Crippen LogP contribution in [0.3, 0.4) is 0 Å². The van der Waals surface area contributed by atoms with Crippen LogP contribution in [0.25, 0.3) is 10.8 Å². The molecular weight excluding hydrogens is 260 g/mol. The lowest BCUT2D eigenvalue weighted by Gasteiger charge is -2.19. The number of nitrogens with one attached hydrogen (secondary N) is 1. The average molecular weight is 280 g/mol. The third kappa shape index (κ3) is 3.30. The van der Waals surface area contributed by atoms with Gasteiger partial charge in [-0.25, -0.2) is 5.43 Å². The van der Waals surface area contributed by atoms with Gasteiger partial charge in [0.15, 0.2) is 0 Å². The molecule has 1 N–H and O–H groups in total. The van der Waals surface area contributed by atoms with Crippen molar-refractivity contribution in [2.75, 3.05) is 0 Å². The van der Waals surface area contributed by atoms with Gasteiger partial charge in [0.25, 0.3) is 0 Å². The molecule has 0 radical (unpaired) electrons. The van der Waals surface area contributed by atoms with Crippen LogP contribution in [-0.4, -0.2) is 12.1 Å². The molecule has 0 saturated heterocycles. The van der Waals surface area contributed by atoms with E-state index in [-0.39, 0.29) is 11.8 Å². The fourth-order valence-electron chi connectivity index (χ4n) is 2.98. The highest BCUT2D eigenvalue weighted by Crippen LogP contribution is 2.23. The number of carbonyl (C=O) groups is 1. The minimum atomic E-state index is 0.0613. The summed E-state index contributed by atoms with van der Waals surface area (Å²) < 4.78 is 0. The second kappa shape index (κ2) is 6.53. The number of rotatable bonds is 3. The summed E-state index contributed by atoms with van der Waals surface area (Å²) in [5, 5.41) is 6.47. The molecule has 1 fully saturated rings. The minimum absolute atomic E-state index is 0.0613. The van der Waals surface area contributed by atoms with Gasteiger partial charge in [-0.3, -0.25) is 4.79 Å². The minimum Gasteiger partial charge on any atom is -0.273 e. The molecule has 1 aliphatic rings. The Balaban J connectivity index is 1.69. The molecule has 108 valence electrons. The maximum Gasteiger partial charge on any atom is 0.243 e. The van der Waals surface area contributed by atoms with Gasteiger partial charge in [0, 0.05) is 11.5 Å². The van der Waals surface area contributed by atoms with Gasteiger partial charge in [-0.05, 0) is 23.6 Å². The summed E-state index contributed by atoms with van der Waals surface area (Å²) in [6.45, 7) is 0. The molecule has 3 rings (SSSR count). The Labute approximate surface area is 125 Å². The summed E-state index contributed by atoms with van der Waals surface area (Å²) in [5.74, 6) is 0.203. The Hall–Kier alpha value is -2.16. The number of nitrogens with zero attached hydrogens (tertiary/aromatic N) is 1. The molecule has 2 aromatic carbocycles. The molecule has 0 atom stereocenters. The summed E-state index contributed by atoms with van der Waals surface area (Å²) in [6.07, 6.45) is 7.30. The number of fused-ring (bicyclic) bond motifs is 1. The van der Waals surface area contributed by atoms with Crippen LogP contribution in [0.5, 0.6) is 0 Å². The van der Waals surface area contributed by atoms with Crippen molar-refractivity contribution in [3.8, 4) is 0 Å². The lowest BCUT2D eigenvalue weighted by molar-refractivity contribution is -0.125. The Bertz CT molecular complexity index is 652. The van der Waals surface area contributed by atoms with Gasteiger partial charge < -0.3 is 0 Å². The van der Waals surface area contributed by atoms with Gasteiger partial charge in [0.05, 0.1) is 6.21 Å². The molecule has 0 aromatic heterocycles. The number of amides is 1. The van der Waals surface area contributed by atoms with E-state index in [1.54, 1.807) is 6.21 Å². The molecule has 1 amide bonds. The molecule has 3 nitrogen and oxygen atoms in total. The highest BCUT2D eigenvalue weighted by molar-refractivity contribution is 5.99. The summed E-state index contributed by atoms with van der Waals surface area (Å²) >= 11 is 0. The predicted molar refractivity (Wildman–Crippen MR) is 86.3 cm³/mol. The van der Waals surface area contributed by atoms with Crippen LogP contribution in [0.15, 0.2) is 47.6 Å². The van der Waals surface area contributed by atoms with Crippen molar-refractivity contribution < 1.29 is 4.79 Å². The van der Waals surface area contributed by atoms with Gasteiger partial charge in [-0.1, -0.05) is 61.7 Å². The summed E-state index contributed by atoms with van der Waals surface area (Å²) in [7, 11) is 0. The van der Waals surface area contributed by atoms with Gasteiger partial charge >= 0.3 is 0 Å². The fourth-order valence-corrected chi connectivity index (χ4v) is 2.98. The highest BCUT2D eigenvalue weighted by atomic mass is 16.2. The second-order valence-corrected chi connectivity index (χ2v) is 5.64. The zero-order valence-corrected chi connectivity index (χ0v) is 12.1. The van der Waals surface area contributed by atoms with Gasteiger partial charge in [-0.15, -0.1) is 0 Å². The van der Waals surface area contributed by atoms with E-state index in [1.807, 2.05) is 24.3 Å². The number of carbonyl (C=O) groups excluding carboxylic acids is 1. The first-order valence-electron chi connectivity index (χ1n) is 7.65. The standard InChI is InChI=1S/C18H20N2O/c21-18(15-8-2-1-3-9-15)20-19-13-16-11-6-10-14-7-4-5-12-17(14)16/h4-7,10-13,15H,1-3,8-9H2,(H,20,21). The molecule has 0 bridgehead atoms. The monoisotopic (exact) mass is 280 g/mol. The zero-order chi connectivity index (χ0) is 14.5. The van der Waals surface area contributed by atoms with Crippen LogP contribution >= 0.6 is 0 Å². The Morgan fingerprint density at radius 1 is 1.05 bits per heavy atom. The molecule has 0 heterocycles. The van der Waals surface area contributed by atoms with E-state index in [4.69, 9.17) is 0 Å². The Morgan fingerprint density at radius 2 is 1.81 bits per heavy atom. The average Bonchev–Trinajstić information content (AvgIpc) is 2.56. The molecule has 2 aromatic rings. The predicted octanol–water partition coefficient (Wildman–Crippen LogP) is 3.87. The molecule has 0 spiro atoms. The van der Waals surface area contributed by atoms with Crippen molar-refractivity contribution in [1.29, 1.82) is 0 Å². The van der Waals surface area contributed by atoms with Crippen LogP contribution in [-0.2, 0) is 4.79 Å². The Morgan fingerprint density at radius 3 is 2.67 bits per heavy atom. The van der Waals surface area contributed by atoms with E-state index in [9.17, 15) is 4.79 Å². The number of hydrogen-bond donors (Lipinski definition) is 1. The lowest BCUT2D eigenvalue weighted by atomic mass is 9.89. The first-order chi connectivity index (χ1) is 10.3.